The van der Waals surface area contributed by atoms with E-state index >= 15 is 0 Å². The first-order valence-electron chi connectivity index (χ1n) is 8.71. The number of fused-ring (bicyclic) bond motifs is 3. The van der Waals surface area contributed by atoms with Crippen LogP contribution in [0, 0.1) is 0 Å². The molecule has 0 aliphatic carbocycles. The van der Waals surface area contributed by atoms with Crippen LogP contribution >= 0.6 is 0 Å². The molecule has 27 heavy (non-hydrogen) atoms. The molecule has 3 aromatic rings. The van der Waals surface area contributed by atoms with Crippen molar-refractivity contribution in [3.05, 3.63) is 65.6 Å². The zero-order chi connectivity index (χ0) is 18.8. The molecule has 0 saturated carbocycles. The average molecular weight is 364 g/mol. The average Bonchev–Trinajstić information content (AvgIpc) is 3.05. The molecule has 1 aromatic carbocycles. The Balaban J connectivity index is 1.86. The van der Waals surface area contributed by atoms with Gasteiger partial charge in [0.2, 0.25) is 5.95 Å². The maximum Gasteiger partial charge on any atom is 0.338 e. The van der Waals surface area contributed by atoms with E-state index in [0.29, 0.717) is 23.8 Å². The maximum atomic E-state index is 12.9. The van der Waals surface area contributed by atoms with E-state index in [1.54, 1.807) is 19.5 Å². The Labute approximate surface area is 156 Å². The molecule has 0 fully saturated rings. The largest absolute Gasteiger partial charge is 0.460 e. The van der Waals surface area contributed by atoms with E-state index in [9.17, 15) is 4.79 Å². The molecular formula is C20H20N4O3. The summed E-state index contributed by atoms with van der Waals surface area (Å²) in [6, 6.07) is 11.3. The van der Waals surface area contributed by atoms with Crippen LogP contribution in [0.25, 0.3) is 11.0 Å². The van der Waals surface area contributed by atoms with Gasteiger partial charge in [0.05, 0.1) is 29.3 Å². The highest BCUT2D eigenvalue weighted by molar-refractivity contribution is 5.94. The number of rotatable bonds is 5. The second-order valence-electron chi connectivity index (χ2n) is 6.28. The maximum absolute atomic E-state index is 12.9. The van der Waals surface area contributed by atoms with Crippen LogP contribution in [0.5, 0.6) is 0 Å². The van der Waals surface area contributed by atoms with E-state index in [0.717, 1.165) is 16.6 Å². The molecule has 1 aliphatic rings. The Hall–Kier alpha value is -3.19. The van der Waals surface area contributed by atoms with Gasteiger partial charge in [-0.2, -0.15) is 0 Å². The third kappa shape index (κ3) is 3.06. The summed E-state index contributed by atoms with van der Waals surface area (Å²) < 4.78 is 12.4. The first-order valence-corrected chi connectivity index (χ1v) is 8.71. The number of para-hydroxylation sites is 2. The number of allylic oxidation sites excluding steroid dienone is 1. The van der Waals surface area contributed by atoms with E-state index in [4.69, 9.17) is 9.47 Å². The van der Waals surface area contributed by atoms with Crippen LogP contribution in [-0.4, -0.2) is 40.8 Å². The predicted octanol–water partition coefficient (Wildman–Crippen LogP) is 2.91. The van der Waals surface area contributed by atoms with Gasteiger partial charge in [0.25, 0.3) is 0 Å². The molecule has 4 rings (SSSR count). The predicted molar refractivity (Wildman–Crippen MR) is 101 cm³/mol. The van der Waals surface area contributed by atoms with Gasteiger partial charge in [-0.05, 0) is 30.7 Å². The van der Waals surface area contributed by atoms with Crippen molar-refractivity contribution in [2.75, 3.05) is 25.6 Å². The fraction of sp³-hybridized carbons (Fsp3) is 0.250. The van der Waals surface area contributed by atoms with Gasteiger partial charge in [-0.25, -0.2) is 9.78 Å². The van der Waals surface area contributed by atoms with E-state index in [2.05, 4.69) is 15.3 Å². The summed E-state index contributed by atoms with van der Waals surface area (Å²) in [5.74, 6) is 0.310. The highest BCUT2D eigenvalue weighted by Crippen LogP contribution is 2.39. The van der Waals surface area contributed by atoms with Crippen LogP contribution in [0.4, 0.5) is 5.95 Å². The first-order chi connectivity index (χ1) is 13.2. The summed E-state index contributed by atoms with van der Waals surface area (Å²) >= 11 is 0. The van der Waals surface area contributed by atoms with E-state index in [1.807, 2.05) is 47.9 Å². The molecule has 1 atom stereocenters. The molecule has 2 aromatic heterocycles. The number of carbonyl (C=O) groups is 1. The fourth-order valence-electron chi connectivity index (χ4n) is 3.38. The van der Waals surface area contributed by atoms with Crippen molar-refractivity contribution in [2.45, 2.75) is 13.0 Å². The number of carbonyl (C=O) groups excluding carboxylic acids is 1. The number of esters is 1. The second-order valence-corrected chi connectivity index (χ2v) is 6.28. The van der Waals surface area contributed by atoms with Gasteiger partial charge in [-0.15, -0.1) is 0 Å². The molecule has 0 spiro atoms. The van der Waals surface area contributed by atoms with Crippen LogP contribution in [0.15, 0.2) is 60.1 Å². The van der Waals surface area contributed by atoms with Gasteiger partial charge in [-0.1, -0.05) is 18.2 Å². The normalized spacial score (nSPS) is 16.1. The minimum absolute atomic E-state index is 0.198. The van der Waals surface area contributed by atoms with Gasteiger partial charge in [-0.3, -0.25) is 9.55 Å². The Bertz CT molecular complexity index is 1010. The highest BCUT2D eigenvalue weighted by Gasteiger charge is 2.35. The minimum Gasteiger partial charge on any atom is -0.460 e. The second kappa shape index (κ2) is 7.20. The van der Waals surface area contributed by atoms with Crippen molar-refractivity contribution in [1.82, 2.24) is 14.5 Å². The molecule has 0 bridgehead atoms. The number of benzene rings is 1. The first kappa shape index (κ1) is 17.2. The molecular weight excluding hydrogens is 344 g/mol. The molecule has 3 heterocycles. The van der Waals surface area contributed by atoms with Gasteiger partial charge < -0.3 is 14.8 Å². The van der Waals surface area contributed by atoms with Crippen molar-refractivity contribution in [3.63, 3.8) is 0 Å². The number of hydrogen-bond acceptors (Lipinski definition) is 6. The Morgan fingerprint density at radius 1 is 1.22 bits per heavy atom. The highest BCUT2D eigenvalue weighted by atomic mass is 16.6. The Kier molecular flexibility index (Phi) is 4.60. The SMILES string of the molecule is COCCOC(=O)C1=C(C)Nc2nc3ccccc3n2[C@@H]1c1cccnc1. The van der Waals surface area contributed by atoms with Crippen LogP contribution < -0.4 is 5.32 Å². The van der Waals surface area contributed by atoms with Crippen molar-refractivity contribution in [3.8, 4) is 0 Å². The molecule has 1 aliphatic heterocycles. The van der Waals surface area contributed by atoms with Gasteiger partial charge >= 0.3 is 5.97 Å². The number of nitrogens with one attached hydrogen (secondary N) is 1. The lowest BCUT2D eigenvalue weighted by Gasteiger charge is -2.30. The number of pyridine rings is 1. The fourth-order valence-corrected chi connectivity index (χ4v) is 3.38. The monoisotopic (exact) mass is 364 g/mol. The molecule has 1 N–H and O–H groups in total. The van der Waals surface area contributed by atoms with E-state index in [-0.39, 0.29) is 18.6 Å². The third-order valence-corrected chi connectivity index (χ3v) is 4.57. The van der Waals surface area contributed by atoms with Crippen LogP contribution in [0.3, 0.4) is 0 Å². The molecule has 7 heteroatoms. The zero-order valence-electron chi connectivity index (χ0n) is 15.2. The van der Waals surface area contributed by atoms with E-state index < -0.39 is 0 Å². The summed E-state index contributed by atoms with van der Waals surface area (Å²) in [5.41, 5.74) is 3.93. The number of methoxy groups -OCH3 is 1. The molecule has 0 unspecified atom stereocenters. The molecule has 7 nitrogen and oxygen atoms in total. The standard InChI is InChI=1S/C20H20N4O3/c1-13-17(19(25)27-11-10-26-2)18(14-6-5-9-21-12-14)24-16-8-4-3-7-15(16)23-20(24)22-13/h3-9,12,18H,10-11H2,1-2H3,(H,22,23)/t18-/m1/s1. The lowest BCUT2D eigenvalue weighted by Crippen LogP contribution is -2.29. The smallest absolute Gasteiger partial charge is 0.338 e. The van der Waals surface area contributed by atoms with Crippen molar-refractivity contribution in [1.29, 1.82) is 0 Å². The lowest BCUT2D eigenvalue weighted by atomic mass is 9.96. The quantitative estimate of drug-likeness (QED) is 0.554. The van der Waals surface area contributed by atoms with Gasteiger partial charge in [0.1, 0.15) is 6.61 Å². The van der Waals surface area contributed by atoms with Gasteiger partial charge in [0, 0.05) is 25.2 Å². The van der Waals surface area contributed by atoms with Gasteiger partial charge in [0.15, 0.2) is 0 Å². The molecule has 0 amide bonds. The van der Waals surface area contributed by atoms with Crippen LogP contribution in [-0.2, 0) is 14.3 Å². The molecule has 0 saturated heterocycles. The number of nitrogens with zero attached hydrogens (tertiary/aromatic N) is 3. The summed E-state index contributed by atoms with van der Waals surface area (Å²) in [6.07, 6.45) is 3.48. The number of imidazole rings is 1. The zero-order valence-corrected chi connectivity index (χ0v) is 15.2. The summed E-state index contributed by atoms with van der Waals surface area (Å²) in [4.78, 5) is 21.8. The Morgan fingerprint density at radius 3 is 2.85 bits per heavy atom. The minimum atomic E-state index is -0.380. The van der Waals surface area contributed by atoms with Crippen molar-refractivity contribution in [2.24, 2.45) is 0 Å². The number of ether oxygens (including phenoxy) is 2. The van der Waals surface area contributed by atoms with Crippen molar-refractivity contribution < 1.29 is 14.3 Å². The van der Waals surface area contributed by atoms with Crippen molar-refractivity contribution >= 4 is 23.0 Å². The lowest BCUT2D eigenvalue weighted by molar-refractivity contribution is -0.140. The molecule has 0 radical (unpaired) electrons. The number of anilines is 1. The summed E-state index contributed by atoms with van der Waals surface area (Å²) in [7, 11) is 1.57. The topological polar surface area (TPSA) is 78.3 Å². The summed E-state index contributed by atoms with van der Waals surface area (Å²) in [6.45, 7) is 2.41. The van der Waals surface area contributed by atoms with Crippen LogP contribution in [0.2, 0.25) is 0 Å². The van der Waals surface area contributed by atoms with E-state index in [1.165, 1.54) is 0 Å². The number of aromatic nitrogens is 3. The summed E-state index contributed by atoms with van der Waals surface area (Å²) in [5, 5.41) is 3.25. The third-order valence-electron chi connectivity index (χ3n) is 4.57. The number of hydrogen-bond donors (Lipinski definition) is 1. The van der Waals surface area contributed by atoms with Crippen LogP contribution in [0.1, 0.15) is 18.5 Å². The molecule has 138 valence electrons. The Morgan fingerprint density at radius 2 is 2.07 bits per heavy atom.